The molecular weight excluding hydrogens is 280 g/mol. The molecule has 1 heterocycles. The monoisotopic (exact) mass is 294 g/mol. The molecule has 3 rings (SSSR count). The third-order valence-corrected chi connectivity index (χ3v) is 3.32. The number of carboxylic acid groups (broad SMARTS) is 1. The van der Waals surface area contributed by atoms with Gasteiger partial charge in [-0.3, -0.25) is 0 Å². The second kappa shape index (κ2) is 5.81. The summed E-state index contributed by atoms with van der Waals surface area (Å²) < 4.78 is 5.36. The van der Waals surface area contributed by atoms with Crippen molar-refractivity contribution in [3.63, 3.8) is 0 Å². The summed E-state index contributed by atoms with van der Waals surface area (Å²) >= 11 is 0. The van der Waals surface area contributed by atoms with Crippen molar-refractivity contribution in [2.24, 2.45) is 0 Å². The van der Waals surface area contributed by atoms with Crippen molar-refractivity contribution >= 4 is 5.97 Å². The lowest BCUT2D eigenvalue weighted by atomic mass is 10.0. The summed E-state index contributed by atoms with van der Waals surface area (Å²) in [6.07, 6.45) is 0.580. The molecule has 5 nitrogen and oxygen atoms in total. The molecule has 0 radical (unpaired) electrons. The lowest BCUT2D eigenvalue weighted by Gasteiger charge is -2.04. The largest absolute Gasteiger partial charge is 0.478 e. The Morgan fingerprint density at radius 1 is 1.09 bits per heavy atom. The fraction of sp³-hybridized carbons (Fsp3) is 0.118. The smallest absolute Gasteiger partial charge is 0.335 e. The molecule has 0 unspecified atom stereocenters. The van der Waals surface area contributed by atoms with Gasteiger partial charge in [-0.2, -0.15) is 0 Å². The van der Waals surface area contributed by atoms with Gasteiger partial charge in [-0.15, -0.1) is 10.2 Å². The molecule has 0 bridgehead atoms. The van der Waals surface area contributed by atoms with Crippen LogP contribution in [0.25, 0.3) is 11.1 Å². The van der Waals surface area contributed by atoms with Crippen LogP contribution in [0.1, 0.15) is 27.7 Å². The molecule has 1 N–H and O–H groups in total. The van der Waals surface area contributed by atoms with Gasteiger partial charge in [0.1, 0.15) is 0 Å². The fourth-order valence-electron chi connectivity index (χ4n) is 2.23. The van der Waals surface area contributed by atoms with E-state index in [0.29, 0.717) is 18.2 Å². The molecule has 1 aromatic heterocycles. The maximum atomic E-state index is 11.0. The summed E-state index contributed by atoms with van der Waals surface area (Å²) in [4.78, 5) is 11.0. The number of hydrogen-bond acceptors (Lipinski definition) is 4. The molecule has 0 amide bonds. The van der Waals surface area contributed by atoms with Gasteiger partial charge in [-0.05, 0) is 28.8 Å². The van der Waals surface area contributed by atoms with E-state index in [1.807, 2.05) is 30.3 Å². The summed E-state index contributed by atoms with van der Waals surface area (Å²) in [7, 11) is 0. The summed E-state index contributed by atoms with van der Waals surface area (Å²) in [5.41, 5.74) is 3.18. The van der Waals surface area contributed by atoms with Gasteiger partial charge in [0.2, 0.25) is 11.8 Å². The van der Waals surface area contributed by atoms with Crippen molar-refractivity contribution in [1.29, 1.82) is 0 Å². The number of benzene rings is 2. The maximum absolute atomic E-state index is 11.0. The Balaban J connectivity index is 1.82. The zero-order valence-corrected chi connectivity index (χ0v) is 12.0. The third kappa shape index (κ3) is 3.03. The van der Waals surface area contributed by atoms with Crippen LogP contribution < -0.4 is 0 Å². The number of hydrogen-bond donors (Lipinski definition) is 1. The third-order valence-electron chi connectivity index (χ3n) is 3.32. The van der Waals surface area contributed by atoms with Gasteiger partial charge < -0.3 is 9.52 Å². The molecule has 0 fully saturated rings. The maximum Gasteiger partial charge on any atom is 0.335 e. The number of aromatic nitrogens is 2. The van der Waals surface area contributed by atoms with Crippen LogP contribution in [0.15, 0.2) is 52.9 Å². The van der Waals surface area contributed by atoms with Crippen molar-refractivity contribution in [1.82, 2.24) is 10.2 Å². The zero-order chi connectivity index (χ0) is 15.5. The Bertz CT molecular complexity index is 807. The van der Waals surface area contributed by atoms with Crippen LogP contribution in [-0.4, -0.2) is 21.3 Å². The Morgan fingerprint density at radius 3 is 2.50 bits per heavy atom. The van der Waals surface area contributed by atoms with E-state index in [1.165, 1.54) is 0 Å². The fourth-order valence-corrected chi connectivity index (χ4v) is 2.23. The van der Waals surface area contributed by atoms with Crippen molar-refractivity contribution in [2.75, 3.05) is 0 Å². The van der Waals surface area contributed by atoms with Crippen LogP contribution >= 0.6 is 0 Å². The average molecular weight is 294 g/mol. The first-order valence-corrected chi connectivity index (χ1v) is 6.83. The molecule has 3 aromatic rings. The Labute approximate surface area is 127 Å². The molecule has 0 spiro atoms. The van der Waals surface area contributed by atoms with Crippen LogP contribution in [0.3, 0.4) is 0 Å². The predicted octanol–water partition coefficient (Wildman–Crippen LogP) is 3.33. The minimum absolute atomic E-state index is 0.280. The lowest BCUT2D eigenvalue weighted by Crippen LogP contribution is -1.95. The van der Waals surface area contributed by atoms with E-state index in [4.69, 9.17) is 9.52 Å². The first kappa shape index (κ1) is 14.0. The normalized spacial score (nSPS) is 10.6. The van der Waals surface area contributed by atoms with Gasteiger partial charge in [0.25, 0.3) is 0 Å². The highest BCUT2D eigenvalue weighted by molar-refractivity contribution is 5.89. The second-order valence-electron chi connectivity index (χ2n) is 4.97. The molecule has 2 aromatic carbocycles. The summed E-state index contributed by atoms with van der Waals surface area (Å²) in [5, 5.41) is 16.8. The van der Waals surface area contributed by atoms with E-state index in [2.05, 4.69) is 10.2 Å². The molecule has 5 heteroatoms. The average Bonchev–Trinajstić information content (AvgIpc) is 2.93. The van der Waals surface area contributed by atoms with E-state index in [-0.39, 0.29) is 5.56 Å². The van der Waals surface area contributed by atoms with E-state index >= 15 is 0 Å². The van der Waals surface area contributed by atoms with E-state index < -0.39 is 5.97 Å². The molecule has 0 aliphatic carbocycles. The standard InChI is InChI=1S/C17H14N2O3/c1-11-18-19-16(22-11)9-12-5-7-13(8-6-12)14-3-2-4-15(10-14)17(20)21/h2-8,10H,9H2,1H3,(H,20,21). The number of carbonyl (C=O) groups is 1. The summed E-state index contributed by atoms with van der Waals surface area (Å²) in [6, 6.07) is 14.7. The zero-order valence-electron chi connectivity index (χ0n) is 12.0. The van der Waals surface area contributed by atoms with Crippen molar-refractivity contribution in [3.8, 4) is 11.1 Å². The topological polar surface area (TPSA) is 76.2 Å². The molecular formula is C17H14N2O3. The van der Waals surface area contributed by atoms with Gasteiger partial charge in [-0.1, -0.05) is 36.4 Å². The number of aromatic carboxylic acids is 1. The Hall–Kier alpha value is -2.95. The van der Waals surface area contributed by atoms with Gasteiger partial charge in [0.05, 0.1) is 12.0 Å². The lowest BCUT2D eigenvalue weighted by molar-refractivity contribution is 0.0697. The highest BCUT2D eigenvalue weighted by Crippen LogP contribution is 2.22. The van der Waals surface area contributed by atoms with Crippen molar-refractivity contribution in [3.05, 3.63) is 71.4 Å². The molecule has 0 aliphatic rings. The Morgan fingerprint density at radius 2 is 1.86 bits per heavy atom. The van der Waals surface area contributed by atoms with Gasteiger partial charge in [0.15, 0.2) is 0 Å². The van der Waals surface area contributed by atoms with Crippen molar-refractivity contribution in [2.45, 2.75) is 13.3 Å². The first-order valence-electron chi connectivity index (χ1n) is 6.83. The molecule has 0 atom stereocenters. The molecule has 22 heavy (non-hydrogen) atoms. The highest BCUT2D eigenvalue weighted by Gasteiger charge is 2.06. The molecule has 0 saturated carbocycles. The molecule has 110 valence electrons. The van der Waals surface area contributed by atoms with Crippen LogP contribution in [-0.2, 0) is 6.42 Å². The van der Waals surface area contributed by atoms with Crippen molar-refractivity contribution < 1.29 is 14.3 Å². The number of carboxylic acids is 1. The SMILES string of the molecule is Cc1nnc(Cc2ccc(-c3cccc(C(=O)O)c3)cc2)o1. The number of nitrogens with zero attached hydrogens (tertiary/aromatic N) is 2. The quantitative estimate of drug-likeness (QED) is 0.798. The van der Waals surface area contributed by atoms with Crippen LogP contribution in [0.4, 0.5) is 0 Å². The predicted molar refractivity (Wildman–Crippen MR) is 80.7 cm³/mol. The van der Waals surface area contributed by atoms with Gasteiger partial charge in [-0.25, -0.2) is 4.79 Å². The molecule has 0 saturated heterocycles. The van der Waals surface area contributed by atoms with Gasteiger partial charge >= 0.3 is 5.97 Å². The minimum atomic E-state index is -0.926. The number of rotatable bonds is 4. The van der Waals surface area contributed by atoms with Crippen LogP contribution in [0.5, 0.6) is 0 Å². The van der Waals surface area contributed by atoms with E-state index in [0.717, 1.165) is 16.7 Å². The summed E-state index contributed by atoms with van der Waals surface area (Å²) in [6.45, 7) is 1.76. The van der Waals surface area contributed by atoms with Crippen LogP contribution in [0.2, 0.25) is 0 Å². The van der Waals surface area contributed by atoms with E-state index in [1.54, 1.807) is 25.1 Å². The first-order chi connectivity index (χ1) is 10.6. The summed E-state index contributed by atoms with van der Waals surface area (Å²) in [5.74, 6) is 0.209. The van der Waals surface area contributed by atoms with E-state index in [9.17, 15) is 4.79 Å². The van der Waals surface area contributed by atoms with Gasteiger partial charge in [0, 0.05) is 6.92 Å². The molecule has 0 aliphatic heterocycles. The minimum Gasteiger partial charge on any atom is -0.478 e. The van der Waals surface area contributed by atoms with Crippen LogP contribution in [0, 0.1) is 6.92 Å². The number of aryl methyl sites for hydroxylation is 1. The highest BCUT2D eigenvalue weighted by atomic mass is 16.4. The second-order valence-corrected chi connectivity index (χ2v) is 4.97. The Kier molecular flexibility index (Phi) is 3.70.